The van der Waals surface area contributed by atoms with Crippen molar-refractivity contribution in [2.45, 2.75) is 42.8 Å². The number of carbonyl (C=O) groups is 1. The molecule has 180 valence electrons. The van der Waals surface area contributed by atoms with Crippen LogP contribution in [-0.4, -0.2) is 52.1 Å². The second kappa shape index (κ2) is 9.71. The number of sulfonamides is 1. The summed E-state index contributed by atoms with van der Waals surface area (Å²) in [6.07, 6.45) is 6.86. The van der Waals surface area contributed by atoms with Gasteiger partial charge in [-0.3, -0.25) is 14.8 Å². The summed E-state index contributed by atoms with van der Waals surface area (Å²) in [4.78, 5) is 24.3. The van der Waals surface area contributed by atoms with E-state index in [-0.39, 0.29) is 22.8 Å². The van der Waals surface area contributed by atoms with Crippen molar-refractivity contribution < 1.29 is 13.2 Å². The van der Waals surface area contributed by atoms with E-state index in [9.17, 15) is 13.2 Å². The van der Waals surface area contributed by atoms with Crippen molar-refractivity contribution in [3.05, 3.63) is 91.4 Å². The SMILES string of the molecule is C=CC1CN(Cc2ccccn2)C(=O)C2CCCC1N2S(=O)(=O)c1ccc(-c2ccccc2)nc1. The topological polar surface area (TPSA) is 83.5 Å². The average Bonchev–Trinajstić information content (AvgIpc) is 2.97. The van der Waals surface area contributed by atoms with Gasteiger partial charge in [0.1, 0.15) is 10.9 Å². The molecule has 2 aromatic heterocycles. The van der Waals surface area contributed by atoms with Crippen molar-refractivity contribution in [2.75, 3.05) is 6.54 Å². The second-order valence-corrected chi connectivity index (χ2v) is 10.9. The van der Waals surface area contributed by atoms with Crippen LogP contribution in [-0.2, 0) is 21.4 Å². The van der Waals surface area contributed by atoms with Gasteiger partial charge in [0, 0.05) is 36.5 Å². The fourth-order valence-electron chi connectivity index (χ4n) is 5.16. The van der Waals surface area contributed by atoms with E-state index in [1.807, 2.05) is 48.5 Å². The minimum Gasteiger partial charge on any atom is -0.335 e. The third-order valence-corrected chi connectivity index (χ3v) is 8.81. The molecule has 0 N–H and O–H groups in total. The first-order chi connectivity index (χ1) is 17.0. The van der Waals surface area contributed by atoms with Crippen molar-refractivity contribution >= 4 is 15.9 Å². The summed E-state index contributed by atoms with van der Waals surface area (Å²) in [7, 11) is -3.96. The summed E-state index contributed by atoms with van der Waals surface area (Å²) in [6.45, 7) is 4.74. The van der Waals surface area contributed by atoms with Crippen LogP contribution in [0.1, 0.15) is 25.0 Å². The number of hydrogen-bond donors (Lipinski definition) is 0. The molecule has 4 heterocycles. The van der Waals surface area contributed by atoms with E-state index in [1.165, 1.54) is 10.5 Å². The Bertz CT molecular complexity index is 1300. The fraction of sp³-hybridized carbons (Fsp3) is 0.296. The highest BCUT2D eigenvalue weighted by atomic mass is 32.2. The van der Waals surface area contributed by atoms with Crippen LogP contribution in [0.4, 0.5) is 0 Å². The average molecular weight is 489 g/mol. The van der Waals surface area contributed by atoms with Gasteiger partial charge in [-0.15, -0.1) is 6.58 Å². The van der Waals surface area contributed by atoms with Crippen LogP contribution < -0.4 is 0 Å². The lowest BCUT2D eigenvalue weighted by atomic mass is 9.90. The number of hydrogen-bond acceptors (Lipinski definition) is 5. The summed E-state index contributed by atoms with van der Waals surface area (Å²) in [6, 6.07) is 17.4. The number of carbonyl (C=O) groups excluding carboxylic acids is 1. The maximum absolute atomic E-state index is 13.9. The summed E-state index contributed by atoms with van der Waals surface area (Å²) >= 11 is 0. The third kappa shape index (κ3) is 4.51. The van der Waals surface area contributed by atoms with Crippen molar-refractivity contribution in [2.24, 2.45) is 5.92 Å². The summed E-state index contributed by atoms with van der Waals surface area (Å²) in [5, 5.41) is 0. The number of aromatic nitrogens is 2. The van der Waals surface area contributed by atoms with Crippen LogP contribution in [0.2, 0.25) is 0 Å². The van der Waals surface area contributed by atoms with Gasteiger partial charge in [0.05, 0.1) is 17.9 Å². The van der Waals surface area contributed by atoms with Crippen LogP contribution >= 0.6 is 0 Å². The molecule has 35 heavy (non-hydrogen) atoms. The first kappa shape index (κ1) is 23.4. The highest BCUT2D eigenvalue weighted by Crippen LogP contribution is 2.37. The van der Waals surface area contributed by atoms with Gasteiger partial charge in [-0.05, 0) is 43.5 Å². The van der Waals surface area contributed by atoms with Gasteiger partial charge < -0.3 is 4.90 Å². The van der Waals surface area contributed by atoms with E-state index in [0.29, 0.717) is 31.6 Å². The van der Waals surface area contributed by atoms with Gasteiger partial charge in [-0.1, -0.05) is 42.5 Å². The number of nitrogens with zero attached hydrogens (tertiary/aromatic N) is 4. The Labute approximate surface area is 206 Å². The predicted octanol–water partition coefficient (Wildman–Crippen LogP) is 3.90. The predicted molar refractivity (Wildman–Crippen MR) is 133 cm³/mol. The molecule has 2 aliphatic heterocycles. The van der Waals surface area contributed by atoms with Gasteiger partial charge in [-0.25, -0.2) is 8.42 Å². The lowest BCUT2D eigenvalue weighted by Crippen LogP contribution is -2.54. The van der Waals surface area contributed by atoms with Crippen LogP contribution in [0.25, 0.3) is 11.3 Å². The molecule has 8 heteroatoms. The molecule has 3 atom stereocenters. The summed E-state index contributed by atoms with van der Waals surface area (Å²) in [5.41, 5.74) is 2.38. The monoisotopic (exact) mass is 488 g/mol. The molecule has 1 aromatic carbocycles. The van der Waals surface area contributed by atoms with Crippen LogP contribution in [0, 0.1) is 5.92 Å². The first-order valence-corrected chi connectivity index (χ1v) is 13.3. The van der Waals surface area contributed by atoms with Gasteiger partial charge >= 0.3 is 0 Å². The van der Waals surface area contributed by atoms with E-state index < -0.39 is 16.1 Å². The number of pyridine rings is 2. The zero-order valence-electron chi connectivity index (χ0n) is 19.4. The molecule has 0 aliphatic carbocycles. The van der Waals surface area contributed by atoms with Crippen molar-refractivity contribution in [1.29, 1.82) is 0 Å². The van der Waals surface area contributed by atoms with E-state index in [1.54, 1.807) is 29.3 Å². The maximum atomic E-state index is 13.9. The minimum absolute atomic E-state index is 0.0999. The summed E-state index contributed by atoms with van der Waals surface area (Å²) in [5.74, 6) is -0.360. The normalized spacial score (nSPS) is 23.0. The molecule has 5 rings (SSSR count). The first-order valence-electron chi connectivity index (χ1n) is 11.9. The number of piperidine rings is 1. The van der Waals surface area contributed by atoms with E-state index in [0.717, 1.165) is 17.7 Å². The standard InChI is InChI=1S/C27H28N4O3S/c1-2-20-18-30(19-22-11-6-7-16-28-22)27(32)26-13-8-12-25(20)31(26)35(33,34)23-14-15-24(29-17-23)21-9-4-3-5-10-21/h2-7,9-11,14-17,20,25-26H,1,8,12-13,18-19H2. The molecule has 0 radical (unpaired) electrons. The molecule has 3 aromatic rings. The quantitative estimate of drug-likeness (QED) is 0.492. The minimum atomic E-state index is -3.96. The molecule has 0 spiro atoms. The zero-order chi connectivity index (χ0) is 24.4. The van der Waals surface area contributed by atoms with Crippen LogP contribution in [0.15, 0.2) is 90.6 Å². The number of amides is 1. The number of fused-ring (bicyclic) bond motifs is 2. The molecule has 3 unspecified atom stereocenters. The fourth-order valence-corrected chi connectivity index (χ4v) is 6.98. The van der Waals surface area contributed by atoms with Crippen LogP contribution in [0.3, 0.4) is 0 Å². The molecular weight excluding hydrogens is 460 g/mol. The van der Waals surface area contributed by atoms with Crippen LogP contribution in [0.5, 0.6) is 0 Å². The smallest absolute Gasteiger partial charge is 0.245 e. The van der Waals surface area contributed by atoms with E-state index in [4.69, 9.17) is 0 Å². The van der Waals surface area contributed by atoms with Gasteiger partial charge in [-0.2, -0.15) is 4.31 Å². The van der Waals surface area contributed by atoms with Gasteiger partial charge in [0.2, 0.25) is 15.9 Å². The molecule has 2 saturated heterocycles. The highest BCUT2D eigenvalue weighted by molar-refractivity contribution is 7.89. The van der Waals surface area contributed by atoms with Gasteiger partial charge in [0.15, 0.2) is 0 Å². The Balaban J connectivity index is 1.49. The Hall–Kier alpha value is -3.36. The second-order valence-electron chi connectivity index (χ2n) is 9.03. The number of benzene rings is 1. The molecule has 1 amide bonds. The third-order valence-electron chi connectivity index (χ3n) is 6.90. The Morgan fingerprint density at radius 3 is 2.49 bits per heavy atom. The molecular formula is C27H28N4O3S. The van der Waals surface area contributed by atoms with Crippen molar-refractivity contribution in [1.82, 2.24) is 19.2 Å². The molecule has 0 saturated carbocycles. The van der Waals surface area contributed by atoms with Crippen molar-refractivity contribution in [3.8, 4) is 11.3 Å². The zero-order valence-corrected chi connectivity index (χ0v) is 20.2. The Morgan fingerprint density at radius 2 is 1.80 bits per heavy atom. The lowest BCUT2D eigenvalue weighted by molar-refractivity contribution is -0.135. The number of rotatable bonds is 6. The van der Waals surface area contributed by atoms with Gasteiger partial charge in [0.25, 0.3) is 0 Å². The molecule has 2 bridgehead atoms. The molecule has 7 nitrogen and oxygen atoms in total. The lowest BCUT2D eigenvalue weighted by Gasteiger charge is -2.40. The highest BCUT2D eigenvalue weighted by Gasteiger charge is 2.49. The largest absolute Gasteiger partial charge is 0.335 e. The molecule has 2 fully saturated rings. The Kier molecular flexibility index (Phi) is 6.49. The van der Waals surface area contributed by atoms with E-state index >= 15 is 0 Å². The molecule has 2 aliphatic rings. The van der Waals surface area contributed by atoms with E-state index in [2.05, 4.69) is 16.5 Å². The maximum Gasteiger partial charge on any atom is 0.245 e. The summed E-state index contributed by atoms with van der Waals surface area (Å²) < 4.78 is 29.3. The Morgan fingerprint density at radius 1 is 1.00 bits per heavy atom. The van der Waals surface area contributed by atoms with Crippen molar-refractivity contribution in [3.63, 3.8) is 0 Å².